The minimum Gasteiger partial charge on any atom is -0.488 e. The molecule has 0 N–H and O–H groups in total. The van der Waals surface area contributed by atoms with Gasteiger partial charge in [-0.3, -0.25) is 0 Å². The van der Waals surface area contributed by atoms with Crippen molar-refractivity contribution in [2.45, 2.75) is 84.2 Å². The molecule has 143 valence electrons. The molecule has 0 bridgehead atoms. The molecule has 0 heterocycles. The minimum absolute atomic E-state index is 0.219. The third-order valence-corrected chi connectivity index (χ3v) is 6.48. The van der Waals surface area contributed by atoms with E-state index in [2.05, 4.69) is 71.4 Å². The van der Waals surface area contributed by atoms with Gasteiger partial charge in [0, 0.05) is 6.42 Å². The summed E-state index contributed by atoms with van der Waals surface area (Å²) in [6.45, 7) is 11.3. The SMILES string of the molecule is CCC[CH]C(C)(C)Oc1ccc2c(c1)CCc1c-2ccc2c1CCC2(C)C. The largest absolute Gasteiger partial charge is 0.488 e. The second-order valence-corrected chi connectivity index (χ2v) is 9.52. The number of hydrogen-bond donors (Lipinski definition) is 0. The highest BCUT2D eigenvalue weighted by atomic mass is 16.5. The predicted octanol–water partition coefficient (Wildman–Crippen LogP) is 6.84. The molecule has 0 saturated heterocycles. The summed E-state index contributed by atoms with van der Waals surface area (Å²) >= 11 is 0. The van der Waals surface area contributed by atoms with Crippen molar-refractivity contribution in [3.05, 3.63) is 59.0 Å². The van der Waals surface area contributed by atoms with E-state index in [1.807, 2.05) is 0 Å². The number of fused-ring (bicyclic) bond motifs is 5. The molecule has 27 heavy (non-hydrogen) atoms. The van der Waals surface area contributed by atoms with Crippen molar-refractivity contribution in [2.75, 3.05) is 0 Å². The van der Waals surface area contributed by atoms with Crippen LogP contribution < -0.4 is 4.74 Å². The lowest BCUT2D eigenvalue weighted by molar-refractivity contribution is 0.140. The summed E-state index contributed by atoms with van der Waals surface area (Å²) in [7, 11) is 0. The smallest absolute Gasteiger partial charge is 0.120 e. The van der Waals surface area contributed by atoms with E-state index >= 15 is 0 Å². The lowest BCUT2D eigenvalue weighted by atomic mass is 9.79. The molecule has 0 amide bonds. The Balaban J connectivity index is 1.65. The van der Waals surface area contributed by atoms with Crippen molar-refractivity contribution < 1.29 is 4.74 Å². The number of ether oxygens (including phenoxy) is 1. The molecule has 0 aliphatic heterocycles. The molecule has 2 aromatic rings. The first-order valence-electron chi connectivity index (χ1n) is 10.6. The highest BCUT2D eigenvalue weighted by Crippen LogP contribution is 2.45. The summed E-state index contributed by atoms with van der Waals surface area (Å²) in [6.07, 6.45) is 9.34. The average Bonchev–Trinajstić information content (AvgIpc) is 2.94. The Morgan fingerprint density at radius 3 is 2.56 bits per heavy atom. The Bertz CT molecular complexity index is 857. The third kappa shape index (κ3) is 3.42. The van der Waals surface area contributed by atoms with Gasteiger partial charge in [0.15, 0.2) is 0 Å². The first kappa shape index (κ1) is 18.6. The third-order valence-electron chi connectivity index (χ3n) is 6.48. The van der Waals surface area contributed by atoms with Gasteiger partial charge in [0.1, 0.15) is 11.4 Å². The molecule has 1 nitrogen and oxygen atoms in total. The van der Waals surface area contributed by atoms with Crippen LogP contribution in [0.3, 0.4) is 0 Å². The van der Waals surface area contributed by atoms with Crippen molar-refractivity contribution in [2.24, 2.45) is 0 Å². The lowest BCUT2D eigenvalue weighted by Crippen LogP contribution is -2.28. The molecule has 1 radical (unpaired) electrons. The van der Waals surface area contributed by atoms with Crippen LogP contribution in [0.4, 0.5) is 0 Å². The molecule has 0 saturated carbocycles. The normalized spacial score (nSPS) is 17.2. The fraction of sp³-hybridized carbons (Fsp3) is 0.500. The number of hydrogen-bond acceptors (Lipinski definition) is 1. The van der Waals surface area contributed by atoms with E-state index in [-0.39, 0.29) is 5.60 Å². The zero-order valence-electron chi connectivity index (χ0n) is 17.6. The summed E-state index contributed by atoms with van der Waals surface area (Å²) in [5, 5.41) is 0. The molecule has 0 unspecified atom stereocenters. The van der Waals surface area contributed by atoms with E-state index < -0.39 is 0 Å². The molecule has 1 heteroatoms. The van der Waals surface area contributed by atoms with Gasteiger partial charge in [0.25, 0.3) is 0 Å². The van der Waals surface area contributed by atoms with Gasteiger partial charge in [-0.05, 0) is 96.9 Å². The number of rotatable bonds is 5. The zero-order valence-corrected chi connectivity index (χ0v) is 17.6. The minimum atomic E-state index is -0.219. The van der Waals surface area contributed by atoms with Crippen molar-refractivity contribution in [3.63, 3.8) is 0 Å². The summed E-state index contributed by atoms with van der Waals surface area (Å²) in [6, 6.07) is 11.5. The maximum Gasteiger partial charge on any atom is 0.120 e. The summed E-state index contributed by atoms with van der Waals surface area (Å²) < 4.78 is 6.30. The van der Waals surface area contributed by atoms with Crippen LogP contribution in [0.25, 0.3) is 11.1 Å². The molecule has 0 atom stereocenters. The Morgan fingerprint density at radius 2 is 1.78 bits per heavy atom. The Labute approximate surface area is 165 Å². The van der Waals surface area contributed by atoms with Gasteiger partial charge in [-0.1, -0.05) is 45.4 Å². The van der Waals surface area contributed by atoms with E-state index in [1.54, 1.807) is 16.7 Å². The monoisotopic (exact) mass is 361 g/mol. The average molecular weight is 362 g/mol. The maximum atomic E-state index is 6.30. The van der Waals surface area contributed by atoms with E-state index in [9.17, 15) is 0 Å². The Kier molecular flexibility index (Phi) is 4.61. The lowest BCUT2D eigenvalue weighted by Gasteiger charge is -2.28. The van der Waals surface area contributed by atoms with Gasteiger partial charge in [-0.15, -0.1) is 0 Å². The van der Waals surface area contributed by atoms with Gasteiger partial charge in [-0.2, -0.15) is 0 Å². The van der Waals surface area contributed by atoms with E-state index in [0.717, 1.165) is 31.4 Å². The number of unbranched alkanes of at least 4 members (excludes halogenated alkanes) is 1. The molecular formula is C26H33O. The van der Waals surface area contributed by atoms with Gasteiger partial charge in [0.2, 0.25) is 0 Å². The molecule has 0 spiro atoms. The van der Waals surface area contributed by atoms with Gasteiger partial charge in [0.05, 0.1) is 0 Å². The van der Waals surface area contributed by atoms with Crippen LogP contribution in [0, 0.1) is 6.42 Å². The fourth-order valence-corrected chi connectivity index (χ4v) is 4.92. The summed E-state index contributed by atoms with van der Waals surface area (Å²) in [4.78, 5) is 0. The second kappa shape index (κ2) is 6.69. The van der Waals surface area contributed by atoms with Gasteiger partial charge >= 0.3 is 0 Å². The summed E-state index contributed by atoms with van der Waals surface area (Å²) in [5.41, 5.74) is 9.24. The zero-order chi connectivity index (χ0) is 19.2. The Morgan fingerprint density at radius 1 is 1.00 bits per heavy atom. The van der Waals surface area contributed by atoms with E-state index in [4.69, 9.17) is 4.74 Å². The van der Waals surface area contributed by atoms with Crippen LogP contribution in [0.5, 0.6) is 5.75 Å². The topological polar surface area (TPSA) is 9.23 Å². The molecule has 2 aliphatic rings. The van der Waals surface area contributed by atoms with Gasteiger partial charge < -0.3 is 4.74 Å². The summed E-state index contributed by atoms with van der Waals surface area (Å²) in [5.74, 6) is 0.997. The maximum absolute atomic E-state index is 6.30. The highest BCUT2D eigenvalue weighted by Gasteiger charge is 2.33. The van der Waals surface area contributed by atoms with E-state index in [1.165, 1.54) is 29.5 Å². The van der Waals surface area contributed by atoms with Crippen molar-refractivity contribution in [1.82, 2.24) is 0 Å². The van der Waals surface area contributed by atoms with Crippen LogP contribution in [0.1, 0.15) is 76.1 Å². The molecule has 0 fully saturated rings. The molecular weight excluding hydrogens is 328 g/mol. The Hall–Kier alpha value is -1.76. The molecule has 0 aromatic heterocycles. The van der Waals surface area contributed by atoms with Crippen molar-refractivity contribution >= 4 is 0 Å². The second-order valence-electron chi connectivity index (χ2n) is 9.52. The van der Waals surface area contributed by atoms with E-state index in [0.29, 0.717) is 5.41 Å². The predicted molar refractivity (Wildman–Crippen MR) is 115 cm³/mol. The quantitative estimate of drug-likeness (QED) is 0.566. The molecule has 2 aliphatic carbocycles. The van der Waals surface area contributed by atoms with Crippen LogP contribution in [-0.4, -0.2) is 5.60 Å². The number of aryl methyl sites for hydroxylation is 1. The number of benzene rings is 2. The van der Waals surface area contributed by atoms with Crippen LogP contribution in [-0.2, 0) is 24.7 Å². The molecule has 4 rings (SSSR count). The van der Waals surface area contributed by atoms with Crippen molar-refractivity contribution in [3.8, 4) is 16.9 Å². The standard InChI is InChI=1S/C26H33O/c1-6-7-15-26(4,5)27-19-9-11-20-18(17-19)8-10-22-21(20)12-13-24-23(22)14-16-25(24,2)3/h9,11-13,15,17H,6-8,10,14,16H2,1-5H3. The van der Waals surface area contributed by atoms with Crippen molar-refractivity contribution in [1.29, 1.82) is 0 Å². The van der Waals surface area contributed by atoms with Gasteiger partial charge in [-0.25, -0.2) is 0 Å². The molecule has 2 aromatic carbocycles. The highest BCUT2D eigenvalue weighted by molar-refractivity contribution is 5.76. The van der Waals surface area contributed by atoms with Crippen LogP contribution in [0.15, 0.2) is 30.3 Å². The fourth-order valence-electron chi connectivity index (χ4n) is 4.92. The van der Waals surface area contributed by atoms with Crippen LogP contribution >= 0.6 is 0 Å². The van der Waals surface area contributed by atoms with Crippen LogP contribution in [0.2, 0.25) is 0 Å². The first-order valence-corrected chi connectivity index (χ1v) is 10.6. The first-order chi connectivity index (χ1) is 12.8.